The van der Waals surface area contributed by atoms with Crippen molar-refractivity contribution in [1.82, 2.24) is 35.0 Å². The number of alkyl carbamates (subject to hydrolysis) is 1. The van der Waals surface area contributed by atoms with E-state index in [4.69, 9.17) is 4.98 Å². The van der Waals surface area contributed by atoms with E-state index in [2.05, 4.69) is 55.9 Å². The maximum Gasteiger partial charge on any atom is 0.407 e. The summed E-state index contributed by atoms with van der Waals surface area (Å²) in [5, 5.41) is 11.1. The lowest BCUT2D eigenvalue weighted by molar-refractivity contribution is 0.170. The number of anilines is 1. The highest BCUT2D eigenvalue weighted by molar-refractivity contribution is 5.69. The predicted octanol–water partition coefficient (Wildman–Crippen LogP) is 2.65. The fourth-order valence-electron chi connectivity index (χ4n) is 3.79. The number of hydrogen-bond donors (Lipinski definition) is 1. The molecule has 3 aromatic rings. The highest BCUT2D eigenvalue weighted by atomic mass is 16.5. The minimum Gasteiger partial charge on any atom is -0.453 e. The van der Waals surface area contributed by atoms with Crippen LogP contribution in [0, 0.1) is 0 Å². The van der Waals surface area contributed by atoms with Crippen LogP contribution < -0.4 is 10.2 Å². The van der Waals surface area contributed by atoms with Crippen LogP contribution in [0.4, 0.5) is 10.6 Å². The monoisotopic (exact) mass is 408 g/mol. The number of rotatable bonds is 5. The first-order valence-corrected chi connectivity index (χ1v) is 9.85. The molecule has 0 aromatic carbocycles. The van der Waals surface area contributed by atoms with Crippen LogP contribution in [0.15, 0.2) is 31.0 Å². The second-order valence-corrected chi connectivity index (χ2v) is 7.26. The molecule has 3 aromatic heterocycles. The van der Waals surface area contributed by atoms with Crippen LogP contribution in [-0.2, 0) is 11.3 Å². The van der Waals surface area contributed by atoms with Crippen LogP contribution in [-0.4, -0.2) is 49.0 Å². The SMILES string of the molecule is CC[C@@H]1c2nncn2-c2cnc(-c3ccncc3CNC(=O)OC)nc2N1C(C)C. The number of nitrogens with one attached hydrogen (secondary N) is 1. The van der Waals surface area contributed by atoms with Gasteiger partial charge in [0.15, 0.2) is 17.5 Å². The van der Waals surface area contributed by atoms with Crippen molar-refractivity contribution in [2.24, 2.45) is 0 Å². The van der Waals surface area contributed by atoms with Crippen LogP contribution in [0.5, 0.6) is 0 Å². The average molecular weight is 408 g/mol. The standard InChI is InChI=1S/C20H24N8O2/c1-5-15-19-26-24-11-27(19)16-10-22-17(25-18(16)28(15)12(2)3)14-6-7-21-8-13(14)9-23-20(29)30-4/h6-8,10-12,15H,5,9H2,1-4H3,(H,23,29)/t15-/m1/s1. The number of methoxy groups -OCH3 is 1. The normalized spacial score (nSPS) is 15.0. The first kappa shape index (κ1) is 19.7. The zero-order chi connectivity index (χ0) is 21.3. The largest absolute Gasteiger partial charge is 0.453 e. The molecule has 0 fully saturated rings. The molecule has 1 aliphatic rings. The molecule has 0 aliphatic carbocycles. The lowest BCUT2D eigenvalue weighted by Crippen LogP contribution is -2.40. The molecule has 0 unspecified atom stereocenters. The number of hydrogen-bond acceptors (Lipinski definition) is 8. The molecular weight excluding hydrogens is 384 g/mol. The van der Waals surface area contributed by atoms with Gasteiger partial charge in [-0.05, 0) is 26.3 Å². The van der Waals surface area contributed by atoms with Gasteiger partial charge in [0, 0.05) is 36.1 Å². The van der Waals surface area contributed by atoms with Gasteiger partial charge in [0.05, 0.1) is 19.3 Å². The summed E-state index contributed by atoms with van der Waals surface area (Å²) in [6.07, 6.45) is 7.25. The van der Waals surface area contributed by atoms with Crippen molar-refractivity contribution in [1.29, 1.82) is 0 Å². The molecule has 0 bridgehead atoms. The van der Waals surface area contributed by atoms with Crippen molar-refractivity contribution >= 4 is 11.9 Å². The van der Waals surface area contributed by atoms with Gasteiger partial charge in [-0.2, -0.15) is 0 Å². The Balaban J connectivity index is 1.80. The quantitative estimate of drug-likeness (QED) is 0.686. The number of pyridine rings is 1. The molecule has 10 heteroatoms. The number of amides is 1. The summed E-state index contributed by atoms with van der Waals surface area (Å²) in [5.41, 5.74) is 2.45. The molecule has 4 rings (SSSR count). The maximum absolute atomic E-state index is 11.5. The molecule has 1 aliphatic heterocycles. The number of carbonyl (C=O) groups is 1. The third kappa shape index (κ3) is 3.34. The first-order chi connectivity index (χ1) is 14.5. The van der Waals surface area contributed by atoms with Gasteiger partial charge in [0.2, 0.25) is 0 Å². The molecule has 0 saturated heterocycles. The van der Waals surface area contributed by atoms with Crippen LogP contribution in [0.2, 0.25) is 0 Å². The second kappa shape index (κ2) is 8.05. The molecule has 156 valence electrons. The summed E-state index contributed by atoms with van der Waals surface area (Å²) in [4.78, 5) is 27.5. The van der Waals surface area contributed by atoms with Crippen molar-refractivity contribution < 1.29 is 9.53 Å². The van der Waals surface area contributed by atoms with Crippen molar-refractivity contribution in [3.05, 3.63) is 42.4 Å². The summed E-state index contributed by atoms with van der Waals surface area (Å²) in [6, 6.07) is 2.13. The summed E-state index contributed by atoms with van der Waals surface area (Å²) >= 11 is 0. The minimum atomic E-state index is -0.506. The fraction of sp³-hybridized carbons (Fsp3) is 0.400. The Kier molecular flexibility index (Phi) is 5.30. The summed E-state index contributed by atoms with van der Waals surface area (Å²) < 4.78 is 6.62. The summed E-state index contributed by atoms with van der Waals surface area (Å²) in [7, 11) is 1.33. The molecule has 30 heavy (non-hydrogen) atoms. The highest BCUT2D eigenvalue weighted by Crippen LogP contribution is 2.39. The van der Waals surface area contributed by atoms with Crippen molar-refractivity contribution in [3.8, 4) is 17.1 Å². The van der Waals surface area contributed by atoms with E-state index in [1.165, 1.54) is 7.11 Å². The Labute approximate surface area is 174 Å². The van der Waals surface area contributed by atoms with Crippen LogP contribution >= 0.6 is 0 Å². The van der Waals surface area contributed by atoms with Gasteiger partial charge in [-0.25, -0.2) is 14.8 Å². The van der Waals surface area contributed by atoms with Gasteiger partial charge in [-0.15, -0.1) is 10.2 Å². The average Bonchev–Trinajstić information content (AvgIpc) is 3.26. The summed E-state index contributed by atoms with van der Waals surface area (Å²) in [6.45, 7) is 6.67. The molecule has 0 saturated carbocycles. The van der Waals surface area contributed by atoms with E-state index >= 15 is 0 Å². The number of fused-ring (bicyclic) bond motifs is 3. The van der Waals surface area contributed by atoms with Crippen molar-refractivity contribution in [2.45, 2.75) is 45.8 Å². The van der Waals surface area contributed by atoms with E-state index in [-0.39, 0.29) is 18.6 Å². The smallest absolute Gasteiger partial charge is 0.407 e. The van der Waals surface area contributed by atoms with E-state index in [0.29, 0.717) is 5.82 Å². The van der Waals surface area contributed by atoms with Crippen LogP contribution in [0.1, 0.15) is 44.6 Å². The van der Waals surface area contributed by atoms with Crippen LogP contribution in [0.3, 0.4) is 0 Å². The van der Waals surface area contributed by atoms with Gasteiger partial charge in [-0.3, -0.25) is 9.55 Å². The van der Waals surface area contributed by atoms with Gasteiger partial charge in [0.25, 0.3) is 0 Å². The Morgan fingerprint density at radius 1 is 1.33 bits per heavy atom. The third-order valence-corrected chi connectivity index (χ3v) is 5.16. The number of carbonyl (C=O) groups excluding carboxylic acids is 1. The molecule has 1 amide bonds. The molecule has 0 radical (unpaired) electrons. The van der Waals surface area contributed by atoms with Gasteiger partial charge >= 0.3 is 6.09 Å². The lowest BCUT2D eigenvalue weighted by atomic mass is 10.1. The van der Waals surface area contributed by atoms with Gasteiger partial charge < -0.3 is 15.0 Å². The van der Waals surface area contributed by atoms with E-state index < -0.39 is 6.09 Å². The zero-order valence-electron chi connectivity index (χ0n) is 17.4. The Hall–Kier alpha value is -3.56. The van der Waals surface area contributed by atoms with E-state index in [1.54, 1.807) is 24.9 Å². The van der Waals surface area contributed by atoms with E-state index in [1.807, 2.05) is 10.6 Å². The van der Waals surface area contributed by atoms with Gasteiger partial charge in [0.1, 0.15) is 12.0 Å². The maximum atomic E-state index is 11.5. The third-order valence-electron chi connectivity index (χ3n) is 5.16. The minimum absolute atomic E-state index is 0.0700. The Morgan fingerprint density at radius 2 is 2.17 bits per heavy atom. The number of nitrogens with zero attached hydrogens (tertiary/aromatic N) is 7. The Bertz CT molecular complexity index is 1060. The molecule has 4 heterocycles. The number of aromatic nitrogens is 6. The number of ether oxygens (including phenoxy) is 1. The highest BCUT2D eigenvalue weighted by Gasteiger charge is 2.35. The van der Waals surface area contributed by atoms with Gasteiger partial charge in [-0.1, -0.05) is 6.92 Å². The van der Waals surface area contributed by atoms with Crippen LogP contribution in [0.25, 0.3) is 17.1 Å². The lowest BCUT2D eigenvalue weighted by Gasteiger charge is -2.39. The molecular formula is C20H24N8O2. The predicted molar refractivity (Wildman–Crippen MR) is 110 cm³/mol. The zero-order valence-corrected chi connectivity index (χ0v) is 17.4. The molecule has 0 spiro atoms. The molecule has 10 nitrogen and oxygen atoms in total. The van der Waals surface area contributed by atoms with Crippen molar-refractivity contribution in [3.63, 3.8) is 0 Å². The summed E-state index contributed by atoms with van der Waals surface area (Å²) in [5.74, 6) is 2.29. The molecule has 1 atom stereocenters. The van der Waals surface area contributed by atoms with E-state index in [0.717, 1.165) is 34.9 Å². The first-order valence-electron chi connectivity index (χ1n) is 9.85. The topological polar surface area (TPSA) is 111 Å². The molecule has 1 N–H and O–H groups in total. The fourth-order valence-corrected chi connectivity index (χ4v) is 3.79. The van der Waals surface area contributed by atoms with E-state index in [9.17, 15) is 4.79 Å². The second-order valence-electron chi connectivity index (χ2n) is 7.26. The van der Waals surface area contributed by atoms with Crippen molar-refractivity contribution in [2.75, 3.05) is 12.0 Å². The Morgan fingerprint density at radius 3 is 2.90 bits per heavy atom.